The van der Waals surface area contributed by atoms with Gasteiger partial charge in [0.05, 0.1) is 29.3 Å². The molecular formula is C18H21N3O3S. The molecule has 2 aliphatic rings. The van der Waals surface area contributed by atoms with E-state index >= 15 is 0 Å². The number of hydrogen-bond donors (Lipinski definition) is 0. The van der Waals surface area contributed by atoms with Crippen LogP contribution in [0, 0.1) is 6.92 Å². The minimum absolute atomic E-state index is 0.0286. The van der Waals surface area contributed by atoms with E-state index in [-0.39, 0.29) is 23.5 Å². The Hall–Kier alpha value is -2.15. The minimum Gasteiger partial charge on any atom is -0.334 e. The van der Waals surface area contributed by atoms with Crippen LogP contribution < -0.4 is 0 Å². The van der Waals surface area contributed by atoms with Gasteiger partial charge in [0.2, 0.25) is 0 Å². The van der Waals surface area contributed by atoms with Crippen LogP contribution in [0.15, 0.2) is 30.5 Å². The third-order valence-corrected chi connectivity index (χ3v) is 7.00. The maximum Gasteiger partial charge on any atom is 0.257 e. The molecule has 2 aromatic rings. The van der Waals surface area contributed by atoms with E-state index in [1.54, 1.807) is 10.9 Å². The Kier molecular flexibility index (Phi) is 3.91. The van der Waals surface area contributed by atoms with Crippen LogP contribution in [0.5, 0.6) is 0 Å². The van der Waals surface area contributed by atoms with Gasteiger partial charge in [0.1, 0.15) is 0 Å². The molecule has 0 radical (unpaired) electrons. The molecule has 0 spiro atoms. The molecule has 0 N–H and O–H groups in total. The number of nitrogens with zero attached hydrogens (tertiary/aromatic N) is 3. The summed E-state index contributed by atoms with van der Waals surface area (Å²) < 4.78 is 25.1. The van der Waals surface area contributed by atoms with Crippen molar-refractivity contribution in [3.05, 3.63) is 52.8 Å². The van der Waals surface area contributed by atoms with Crippen LogP contribution in [0.1, 0.15) is 39.6 Å². The molecule has 2 aliphatic heterocycles. The minimum atomic E-state index is -2.98. The lowest BCUT2D eigenvalue weighted by Gasteiger charge is -2.28. The van der Waals surface area contributed by atoms with Crippen molar-refractivity contribution in [2.45, 2.75) is 32.4 Å². The summed E-state index contributed by atoms with van der Waals surface area (Å²) in [5, 5.41) is 4.33. The molecular weight excluding hydrogens is 338 g/mol. The highest BCUT2D eigenvalue weighted by molar-refractivity contribution is 7.91. The Balaban J connectivity index is 1.56. The van der Waals surface area contributed by atoms with Crippen molar-refractivity contribution in [3.8, 4) is 0 Å². The lowest BCUT2D eigenvalue weighted by molar-refractivity contribution is 0.0733. The average molecular weight is 359 g/mol. The van der Waals surface area contributed by atoms with Crippen LogP contribution in [0.4, 0.5) is 0 Å². The van der Waals surface area contributed by atoms with Crippen LogP contribution in [0.3, 0.4) is 0 Å². The fraction of sp³-hybridized carbons (Fsp3) is 0.444. The Morgan fingerprint density at radius 2 is 2.00 bits per heavy atom. The van der Waals surface area contributed by atoms with E-state index in [0.717, 1.165) is 12.1 Å². The molecule has 0 saturated carbocycles. The van der Waals surface area contributed by atoms with Gasteiger partial charge >= 0.3 is 0 Å². The maximum atomic E-state index is 12.9. The SMILES string of the molecule is Cc1c(C(=O)N2CCc3ccccc3C2)cnn1C1CCS(=O)(=O)C1. The predicted molar refractivity (Wildman–Crippen MR) is 94.2 cm³/mol. The normalized spacial score (nSPS) is 22.0. The van der Waals surface area contributed by atoms with Gasteiger partial charge in [0.15, 0.2) is 9.84 Å². The summed E-state index contributed by atoms with van der Waals surface area (Å²) in [6, 6.07) is 8.04. The van der Waals surface area contributed by atoms with Gasteiger partial charge in [-0.3, -0.25) is 9.48 Å². The third kappa shape index (κ3) is 2.97. The lowest BCUT2D eigenvalue weighted by atomic mass is 9.99. The average Bonchev–Trinajstić information content (AvgIpc) is 3.15. The lowest BCUT2D eigenvalue weighted by Crippen LogP contribution is -2.36. The van der Waals surface area contributed by atoms with E-state index < -0.39 is 9.84 Å². The second-order valence-corrected chi connectivity index (χ2v) is 9.12. The van der Waals surface area contributed by atoms with Crippen molar-refractivity contribution in [2.24, 2.45) is 0 Å². The summed E-state index contributed by atoms with van der Waals surface area (Å²) in [7, 11) is -2.98. The topological polar surface area (TPSA) is 72.3 Å². The molecule has 1 aromatic heterocycles. The molecule has 0 bridgehead atoms. The molecule has 4 rings (SSSR count). The number of carbonyl (C=O) groups is 1. The van der Waals surface area contributed by atoms with Gasteiger partial charge in [0, 0.05) is 18.8 Å². The second-order valence-electron chi connectivity index (χ2n) is 6.89. The highest BCUT2D eigenvalue weighted by Gasteiger charge is 2.32. The molecule has 132 valence electrons. The van der Waals surface area contributed by atoms with Crippen LogP contribution in [0.25, 0.3) is 0 Å². The van der Waals surface area contributed by atoms with Crippen molar-refractivity contribution < 1.29 is 13.2 Å². The maximum absolute atomic E-state index is 12.9. The number of rotatable bonds is 2. The zero-order valence-electron chi connectivity index (χ0n) is 14.2. The van der Waals surface area contributed by atoms with Crippen LogP contribution in [-0.4, -0.2) is 47.1 Å². The summed E-state index contributed by atoms with van der Waals surface area (Å²) in [4.78, 5) is 14.8. The standard InChI is InChI=1S/C18H21N3O3S/c1-13-17(10-19-21(13)16-7-9-25(23,24)12-16)18(22)20-8-6-14-4-2-3-5-15(14)11-20/h2-5,10,16H,6-9,11-12H2,1H3. The number of sulfone groups is 1. The second kappa shape index (κ2) is 5.98. The Labute approximate surface area is 147 Å². The van der Waals surface area contributed by atoms with E-state index in [0.29, 0.717) is 25.1 Å². The molecule has 1 saturated heterocycles. The van der Waals surface area contributed by atoms with Gasteiger partial charge in [-0.25, -0.2) is 8.42 Å². The van der Waals surface area contributed by atoms with Crippen molar-refractivity contribution in [3.63, 3.8) is 0 Å². The van der Waals surface area contributed by atoms with E-state index in [4.69, 9.17) is 0 Å². The van der Waals surface area contributed by atoms with Crippen molar-refractivity contribution in [1.29, 1.82) is 0 Å². The molecule has 25 heavy (non-hydrogen) atoms. The summed E-state index contributed by atoms with van der Waals surface area (Å²) in [6.07, 6.45) is 3.01. The molecule has 0 aliphatic carbocycles. The monoisotopic (exact) mass is 359 g/mol. The van der Waals surface area contributed by atoms with Gasteiger partial charge in [-0.1, -0.05) is 24.3 Å². The largest absolute Gasteiger partial charge is 0.334 e. The fourth-order valence-electron chi connectivity index (χ4n) is 3.81. The summed E-state index contributed by atoms with van der Waals surface area (Å²) in [5.41, 5.74) is 3.82. The van der Waals surface area contributed by atoms with Gasteiger partial charge in [0.25, 0.3) is 5.91 Å². The first-order chi connectivity index (χ1) is 11.9. The summed E-state index contributed by atoms with van der Waals surface area (Å²) in [5.74, 6) is 0.280. The molecule has 1 unspecified atom stereocenters. The number of amides is 1. The number of carbonyl (C=O) groups excluding carboxylic acids is 1. The Morgan fingerprint density at radius 3 is 2.72 bits per heavy atom. The van der Waals surface area contributed by atoms with Gasteiger partial charge in [-0.05, 0) is 30.9 Å². The first-order valence-corrected chi connectivity index (χ1v) is 10.4. The molecule has 7 heteroatoms. The molecule has 1 amide bonds. The predicted octanol–water partition coefficient (Wildman–Crippen LogP) is 1.75. The Morgan fingerprint density at radius 1 is 1.24 bits per heavy atom. The van der Waals surface area contributed by atoms with Crippen LogP contribution >= 0.6 is 0 Å². The van der Waals surface area contributed by atoms with Crippen molar-refractivity contribution in [1.82, 2.24) is 14.7 Å². The number of benzene rings is 1. The highest BCUT2D eigenvalue weighted by atomic mass is 32.2. The highest BCUT2D eigenvalue weighted by Crippen LogP contribution is 2.27. The van der Waals surface area contributed by atoms with Crippen LogP contribution in [-0.2, 0) is 22.8 Å². The van der Waals surface area contributed by atoms with E-state index in [1.807, 2.05) is 24.0 Å². The van der Waals surface area contributed by atoms with Gasteiger partial charge in [-0.2, -0.15) is 5.10 Å². The molecule has 1 fully saturated rings. The van der Waals surface area contributed by atoms with Gasteiger partial charge in [-0.15, -0.1) is 0 Å². The molecule has 1 aromatic carbocycles. The molecule has 6 nitrogen and oxygen atoms in total. The van der Waals surface area contributed by atoms with Crippen molar-refractivity contribution in [2.75, 3.05) is 18.1 Å². The Bertz CT molecular complexity index is 933. The number of fused-ring (bicyclic) bond motifs is 1. The fourth-order valence-corrected chi connectivity index (χ4v) is 5.50. The third-order valence-electron chi connectivity index (χ3n) is 5.25. The smallest absolute Gasteiger partial charge is 0.257 e. The van der Waals surface area contributed by atoms with Crippen molar-refractivity contribution >= 4 is 15.7 Å². The zero-order chi connectivity index (χ0) is 17.6. The molecule has 1 atom stereocenters. The first kappa shape index (κ1) is 16.3. The quantitative estimate of drug-likeness (QED) is 0.819. The summed E-state index contributed by atoms with van der Waals surface area (Å²) >= 11 is 0. The molecule has 3 heterocycles. The number of aromatic nitrogens is 2. The van der Waals surface area contributed by atoms with Gasteiger partial charge < -0.3 is 4.90 Å². The van der Waals surface area contributed by atoms with E-state index in [9.17, 15) is 13.2 Å². The number of hydrogen-bond acceptors (Lipinski definition) is 4. The summed E-state index contributed by atoms with van der Waals surface area (Å²) in [6.45, 7) is 3.15. The van der Waals surface area contributed by atoms with E-state index in [1.165, 1.54) is 11.1 Å². The zero-order valence-corrected chi connectivity index (χ0v) is 15.0. The first-order valence-electron chi connectivity index (χ1n) is 8.55. The van der Waals surface area contributed by atoms with Crippen LogP contribution in [0.2, 0.25) is 0 Å². The van der Waals surface area contributed by atoms with E-state index in [2.05, 4.69) is 17.2 Å².